The van der Waals surface area contributed by atoms with Gasteiger partial charge in [-0.1, -0.05) is 16.7 Å². The molecule has 0 spiro atoms. The smallest absolute Gasteiger partial charge is 0.253 e. The van der Waals surface area contributed by atoms with E-state index >= 15 is 0 Å². The fourth-order valence-electron chi connectivity index (χ4n) is 4.31. The van der Waals surface area contributed by atoms with Crippen LogP contribution in [-0.4, -0.2) is 36.7 Å². The van der Waals surface area contributed by atoms with E-state index in [1.807, 2.05) is 13.0 Å². The lowest BCUT2D eigenvalue weighted by Crippen LogP contribution is -2.40. The summed E-state index contributed by atoms with van der Waals surface area (Å²) in [4.78, 5) is 33.4. The molecule has 1 aromatic carbocycles. The first kappa shape index (κ1) is 24.6. The maximum Gasteiger partial charge on any atom is 0.253 e. The lowest BCUT2D eigenvalue weighted by atomic mass is 10.0. The zero-order valence-electron chi connectivity index (χ0n) is 19.2. The quantitative estimate of drug-likeness (QED) is 0.336. The highest BCUT2D eigenvalue weighted by Gasteiger charge is 2.24. The number of aryl methyl sites for hydroxylation is 1. The maximum absolute atomic E-state index is 13.1. The molecule has 3 rings (SSSR count). The third-order valence-corrected chi connectivity index (χ3v) is 6.18. The topological polar surface area (TPSA) is 123 Å². The maximum atomic E-state index is 13.1. The van der Waals surface area contributed by atoms with Crippen molar-refractivity contribution in [3.05, 3.63) is 72.0 Å². The SMILES string of the molecule is CCN(c1cc(Cl)cc(C(=O)NCc2c(CN=[N+]=[N-])cc(C)[nH]c2=O)c1C)C1CCOCC1. The summed E-state index contributed by atoms with van der Waals surface area (Å²) in [5.41, 5.74) is 12.1. The van der Waals surface area contributed by atoms with Crippen LogP contribution >= 0.6 is 11.6 Å². The van der Waals surface area contributed by atoms with E-state index in [-0.39, 0.29) is 24.6 Å². The number of hydrogen-bond donors (Lipinski definition) is 2. The van der Waals surface area contributed by atoms with Crippen molar-refractivity contribution in [1.82, 2.24) is 10.3 Å². The first-order valence-corrected chi connectivity index (χ1v) is 11.4. The molecule has 1 saturated heterocycles. The van der Waals surface area contributed by atoms with E-state index < -0.39 is 0 Å². The van der Waals surface area contributed by atoms with Crippen LogP contribution in [0, 0.1) is 13.8 Å². The van der Waals surface area contributed by atoms with Gasteiger partial charge in [0.2, 0.25) is 0 Å². The van der Waals surface area contributed by atoms with Gasteiger partial charge in [-0.3, -0.25) is 9.59 Å². The van der Waals surface area contributed by atoms with Crippen molar-refractivity contribution >= 4 is 23.2 Å². The second-order valence-electron chi connectivity index (χ2n) is 8.08. The monoisotopic (exact) mass is 472 g/mol. The number of hydrogen-bond acceptors (Lipinski definition) is 5. The Hall–Kier alpha value is -3.00. The Labute approximate surface area is 197 Å². The number of nitrogens with one attached hydrogen (secondary N) is 2. The highest BCUT2D eigenvalue weighted by atomic mass is 35.5. The lowest BCUT2D eigenvalue weighted by molar-refractivity contribution is 0.0846. The van der Waals surface area contributed by atoms with Crippen LogP contribution in [0.5, 0.6) is 0 Å². The molecule has 0 atom stereocenters. The normalized spacial score (nSPS) is 13.9. The fraction of sp³-hybridized carbons (Fsp3) is 0.478. The van der Waals surface area contributed by atoms with Gasteiger partial charge in [-0.05, 0) is 68.5 Å². The second-order valence-corrected chi connectivity index (χ2v) is 8.52. The Bertz CT molecular complexity index is 1120. The average molecular weight is 473 g/mol. The number of anilines is 1. The van der Waals surface area contributed by atoms with Crippen molar-refractivity contribution < 1.29 is 9.53 Å². The number of halogens is 1. The number of azide groups is 1. The number of aromatic nitrogens is 1. The van der Waals surface area contributed by atoms with Gasteiger partial charge in [0.05, 0.1) is 6.54 Å². The van der Waals surface area contributed by atoms with Crippen molar-refractivity contribution in [2.45, 2.75) is 52.7 Å². The summed E-state index contributed by atoms with van der Waals surface area (Å²) < 4.78 is 5.50. The molecule has 1 aromatic heterocycles. The van der Waals surface area contributed by atoms with E-state index in [2.05, 4.69) is 32.2 Å². The number of aromatic amines is 1. The van der Waals surface area contributed by atoms with Gasteiger partial charge in [-0.15, -0.1) is 0 Å². The second kappa shape index (κ2) is 11.2. The molecule has 176 valence electrons. The zero-order valence-corrected chi connectivity index (χ0v) is 19.9. The first-order valence-electron chi connectivity index (χ1n) is 11.0. The van der Waals surface area contributed by atoms with Crippen molar-refractivity contribution in [2.24, 2.45) is 5.11 Å². The molecule has 1 aliphatic rings. The molecule has 2 aromatic rings. The molecular weight excluding hydrogens is 444 g/mol. The molecule has 0 unspecified atom stereocenters. The van der Waals surface area contributed by atoms with Crippen molar-refractivity contribution in [2.75, 3.05) is 24.7 Å². The summed E-state index contributed by atoms with van der Waals surface area (Å²) >= 11 is 6.42. The fourth-order valence-corrected chi connectivity index (χ4v) is 4.52. The van der Waals surface area contributed by atoms with Crippen LogP contribution in [0.2, 0.25) is 5.02 Å². The number of carbonyl (C=O) groups excluding carboxylic acids is 1. The summed E-state index contributed by atoms with van der Waals surface area (Å²) in [7, 11) is 0. The summed E-state index contributed by atoms with van der Waals surface area (Å²) in [5, 5.41) is 6.87. The minimum absolute atomic E-state index is 0.00344. The molecule has 0 bridgehead atoms. The van der Waals surface area contributed by atoms with Crippen LogP contribution in [0.3, 0.4) is 0 Å². The predicted molar refractivity (Wildman–Crippen MR) is 129 cm³/mol. The summed E-state index contributed by atoms with van der Waals surface area (Å²) in [6, 6.07) is 5.61. The Balaban J connectivity index is 1.87. The third-order valence-electron chi connectivity index (χ3n) is 5.96. The largest absolute Gasteiger partial charge is 0.381 e. The molecule has 0 saturated carbocycles. The van der Waals surface area contributed by atoms with Gasteiger partial charge < -0.3 is 19.9 Å². The number of nitrogens with zero attached hydrogens (tertiary/aromatic N) is 4. The highest BCUT2D eigenvalue weighted by molar-refractivity contribution is 6.31. The van der Waals surface area contributed by atoms with Crippen molar-refractivity contribution in [1.29, 1.82) is 0 Å². The molecule has 33 heavy (non-hydrogen) atoms. The molecule has 2 N–H and O–H groups in total. The number of rotatable bonds is 8. The highest BCUT2D eigenvalue weighted by Crippen LogP contribution is 2.31. The van der Waals surface area contributed by atoms with Gasteiger partial charge in [-0.25, -0.2) is 0 Å². The number of ether oxygens (including phenoxy) is 1. The van der Waals surface area contributed by atoms with E-state index in [4.69, 9.17) is 21.9 Å². The summed E-state index contributed by atoms with van der Waals surface area (Å²) in [6.07, 6.45) is 1.84. The molecule has 2 heterocycles. The number of H-pyrrole nitrogens is 1. The zero-order chi connectivity index (χ0) is 24.0. The van der Waals surface area contributed by atoms with E-state index in [0.717, 1.165) is 43.9 Å². The van der Waals surface area contributed by atoms with Crippen LogP contribution < -0.4 is 15.8 Å². The van der Waals surface area contributed by atoms with Crippen LogP contribution in [0.15, 0.2) is 28.1 Å². The van der Waals surface area contributed by atoms with Crippen LogP contribution in [0.4, 0.5) is 5.69 Å². The van der Waals surface area contributed by atoms with Crippen molar-refractivity contribution in [3.8, 4) is 0 Å². The van der Waals surface area contributed by atoms with Gasteiger partial charge >= 0.3 is 0 Å². The van der Waals surface area contributed by atoms with Gasteiger partial charge in [0.15, 0.2) is 0 Å². The molecule has 0 radical (unpaired) electrons. The van der Waals surface area contributed by atoms with Crippen LogP contribution in [0.25, 0.3) is 10.4 Å². The predicted octanol–water partition coefficient (Wildman–Crippen LogP) is 4.39. The van der Waals surface area contributed by atoms with E-state index in [1.54, 1.807) is 19.1 Å². The van der Waals surface area contributed by atoms with E-state index in [1.165, 1.54) is 0 Å². The van der Waals surface area contributed by atoms with Gasteiger partial charge in [0, 0.05) is 64.8 Å². The average Bonchev–Trinajstić information content (AvgIpc) is 2.79. The number of carbonyl (C=O) groups is 1. The molecule has 10 heteroatoms. The Kier molecular flexibility index (Phi) is 8.38. The number of benzene rings is 1. The van der Waals surface area contributed by atoms with E-state index in [9.17, 15) is 9.59 Å². The molecule has 1 fully saturated rings. The molecular formula is C23H29ClN6O3. The van der Waals surface area contributed by atoms with Crippen LogP contribution in [-0.2, 0) is 17.8 Å². The van der Waals surface area contributed by atoms with Gasteiger partial charge in [-0.2, -0.15) is 0 Å². The Morgan fingerprint density at radius 3 is 2.73 bits per heavy atom. The number of pyridine rings is 1. The van der Waals surface area contributed by atoms with Gasteiger partial charge in [0.1, 0.15) is 0 Å². The summed E-state index contributed by atoms with van der Waals surface area (Å²) in [6.45, 7) is 8.01. The lowest BCUT2D eigenvalue weighted by Gasteiger charge is -2.36. The molecule has 1 amide bonds. The van der Waals surface area contributed by atoms with Crippen molar-refractivity contribution in [3.63, 3.8) is 0 Å². The van der Waals surface area contributed by atoms with Crippen LogP contribution in [0.1, 0.15) is 52.5 Å². The Morgan fingerprint density at radius 2 is 2.06 bits per heavy atom. The first-order chi connectivity index (χ1) is 15.8. The Morgan fingerprint density at radius 1 is 1.33 bits per heavy atom. The summed E-state index contributed by atoms with van der Waals surface area (Å²) in [5.74, 6) is -0.325. The van der Waals surface area contributed by atoms with Gasteiger partial charge in [0.25, 0.3) is 11.5 Å². The minimum atomic E-state index is -0.325. The molecule has 9 nitrogen and oxygen atoms in total. The van der Waals surface area contributed by atoms with E-state index in [0.29, 0.717) is 33.4 Å². The third kappa shape index (κ3) is 5.87. The molecule has 0 aliphatic carbocycles. The number of amides is 1. The standard InChI is InChI=1S/C23H29ClN6O3/c1-4-30(18-5-7-33-8-6-18)21-11-17(24)10-19(15(21)3)22(31)26-13-20-16(12-27-29-25)9-14(2)28-23(20)32/h9-11,18H,4-8,12-13H2,1-3H3,(H,26,31)(H,28,32). The minimum Gasteiger partial charge on any atom is -0.381 e. The molecule has 1 aliphatic heterocycles.